The van der Waals surface area contributed by atoms with Gasteiger partial charge in [-0.3, -0.25) is 0 Å². The average Bonchev–Trinajstić information content (AvgIpc) is 2.78. The normalized spacial score (nSPS) is 10.2. The summed E-state index contributed by atoms with van der Waals surface area (Å²) in [6.45, 7) is 2.15. The average molecular weight is 406 g/mol. The van der Waals surface area contributed by atoms with Crippen molar-refractivity contribution in [3.05, 3.63) is 118 Å². The monoisotopic (exact) mass is 406 g/mol. The van der Waals surface area contributed by atoms with Crippen LogP contribution in [0.1, 0.15) is 41.2 Å². The van der Waals surface area contributed by atoms with Gasteiger partial charge in [-0.15, -0.1) is 0 Å². The van der Waals surface area contributed by atoms with E-state index < -0.39 is 5.82 Å². The molecular formula is C29H20F2. The van der Waals surface area contributed by atoms with Crippen LogP contribution in [0.5, 0.6) is 0 Å². The van der Waals surface area contributed by atoms with E-state index >= 15 is 0 Å². The molecule has 2 heteroatoms. The lowest BCUT2D eigenvalue weighted by molar-refractivity contribution is 0.624. The molecule has 0 nitrogen and oxygen atoms in total. The summed E-state index contributed by atoms with van der Waals surface area (Å²) in [5.41, 5.74) is 3.82. The maximum atomic E-state index is 14.6. The lowest BCUT2D eigenvalue weighted by atomic mass is 10.0. The SMILES string of the molecule is CCCc1ccc(C#Cc2ccc(C#Cc3cccc4cc(F)ccc34)c(F)c2)cc1. The first-order chi connectivity index (χ1) is 15.1. The number of benzene rings is 4. The molecule has 0 radical (unpaired) electrons. The first kappa shape index (κ1) is 20.4. The summed E-state index contributed by atoms with van der Waals surface area (Å²) >= 11 is 0. The highest BCUT2D eigenvalue weighted by Gasteiger charge is 2.02. The van der Waals surface area contributed by atoms with E-state index in [4.69, 9.17) is 0 Å². The van der Waals surface area contributed by atoms with E-state index in [0.717, 1.165) is 34.7 Å². The number of rotatable bonds is 2. The number of fused-ring (bicyclic) bond motifs is 1. The quantitative estimate of drug-likeness (QED) is 0.319. The number of aryl methyl sites for hydroxylation is 1. The molecule has 0 amide bonds. The summed E-state index contributed by atoms with van der Waals surface area (Å²) in [6, 6.07) is 23.0. The van der Waals surface area contributed by atoms with Gasteiger partial charge in [0.15, 0.2) is 0 Å². The predicted molar refractivity (Wildman–Crippen MR) is 123 cm³/mol. The summed E-state index contributed by atoms with van der Waals surface area (Å²) < 4.78 is 28.0. The fourth-order valence-corrected chi connectivity index (χ4v) is 3.38. The van der Waals surface area contributed by atoms with Crippen LogP contribution in [0.4, 0.5) is 8.78 Å². The van der Waals surface area contributed by atoms with Crippen molar-refractivity contribution >= 4 is 10.8 Å². The van der Waals surface area contributed by atoms with Gasteiger partial charge in [0.2, 0.25) is 0 Å². The van der Waals surface area contributed by atoms with Crippen LogP contribution < -0.4 is 0 Å². The minimum Gasteiger partial charge on any atom is -0.207 e. The Morgan fingerprint density at radius 1 is 0.677 bits per heavy atom. The van der Waals surface area contributed by atoms with Gasteiger partial charge < -0.3 is 0 Å². The van der Waals surface area contributed by atoms with Crippen LogP contribution in [-0.4, -0.2) is 0 Å². The van der Waals surface area contributed by atoms with Crippen molar-refractivity contribution in [1.29, 1.82) is 0 Å². The molecule has 0 aliphatic rings. The maximum Gasteiger partial charge on any atom is 0.140 e. The van der Waals surface area contributed by atoms with Crippen LogP contribution in [0.15, 0.2) is 78.9 Å². The molecule has 0 aromatic heterocycles. The van der Waals surface area contributed by atoms with Gasteiger partial charge in [0.25, 0.3) is 0 Å². The molecule has 0 bridgehead atoms. The van der Waals surface area contributed by atoms with Crippen molar-refractivity contribution in [3.63, 3.8) is 0 Å². The van der Waals surface area contributed by atoms with Crippen LogP contribution in [0.2, 0.25) is 0 Å². The first-order valence-corrected chi connectivity index (χ1v) is 10.2. The molecule has 31 heavy (non-hydrogen) atoms. The summed E-state index contributed by atoms with van der Waals surface area (Å²) in [4.78, 5) is 0. The molecular weight excluding hydrogens is 386 g/mol. The molecule has 0 unspecified atom stereocenters. The van der Waals surface area contributed by atoms with E-state index in [9.17, 15) is 8.78 Å². The van der Waals surface area contributed by atoms with Crippen molar-refractivity contribution in [2.24, 2.45) is 0 Å². The van der Waals surface area contributed by atoms with Crippen molar-refractivity contribution in [2.75, 3.05) is 0 Å². The molecule has 0 fully saturated rings. The number of halogens is 2. The maximum absolute atomic E-state index is 14.6. The second-order valence-corrected chi connectivity index (χ2v) is 7.31. The minimum absolute atomic E-state index is 0.294. The van der Waals surface area contributed by atoms with Crippen molar-refractivity contribution < 1.29 is 8.78 Å². The third kappa shape index (κ3) is 5.00. The van der Waals surface area contributed by atoms with Crippen LogP contribution in [0.3, 0.4) is 0 Å². The van der Waals surface area contributed by atoms with E-state index in [1.807, 2.05) is 30.3 Å². The summed E-state index contributed by atoms with van der Waals surface area (Å²) in [6.07, 6.45) is 2.16. The minimum atomic E-state index is -0.413. The predicted octanol–water partition coefficient (Wildman–Crippen LogP) is 6.87. The fourth-order valence-electron chi connectivity index (χ4n) is 3.38. The second-order valence-electron chi connectivity index (χ2n) is 7.31. The summed E-state index contributed by atoms with van der Waals surface area (Å²) in [5.74, 6) is 11.3. The highest BCUT2D eigenvalue weighted by Crippen LogP contribution is 2.19. The standard InChI is InChI=1S/C29H20F2/c1-2-4-21-7-9-22(10-8-21)11-12-23-13-14-25(29(31)19-23)16-15-24-5-3-6-26-20-27(30)17-18-28(24)26/h3,5-10,13-14,17-20H,2,4H2,1H3. The molecule has 4 aromatic carbocycles. The number of hydrogen-bond donors (Lipinski definition) is 0. The molecule has 150 valence electrons. The third-order valence-corrected chi connectivity index (χ3v) is 4.99. The van der Waals surface area contributed by atoms with Gasteiger partial charge in [-0.2, -0.15) is 0 Å². The van der Waals surface area contributed by atoms with Crippen LogP contribution in [-0.2, 0) is 6.42 Å². The van der Waals surface area contributed by atoms with Crippen LogP contribution in [0, 0.1) is 35.3 Å². The van der Waals surface area contributed by atoms with Gasteiger partial charge in [-0.05, 0) is 71.3 Å². The Kier molecular flexibility index (Phi) is 6.11. The zero-order valence-corrected chi connectivity index (χ0v) is 17.2. The Bertz CT molecular complexity index is 1360. The Labute approximate surface area is 181 Å². The van der Waals surface area contributed by atoms with Crippen molar-refractivity contribution in [1.82, 2.24) is 0 Å². The van der Waals surface area contributed by atoms with Crippen molar-refractivity contribution in [3.8, 4) is 23.7 Å². The van der Waals surface area contributed by atoms with Gasteiger partial charge >= 0.3 is 0 Å². The Morgan fingerprint density at radius 2 is 1.42 bits per heavy atom. The van der Waals surface area contributed by atoms with Gasteiger partial charge in [-0.1, -0.05) is 67.4 Å². The van der Waals surface area contributed by atoms with Crippen molar-refractivity contribution in [2.45, 2.75) is 19.8 Å². The lowest BCUT2D eigenvalue weighted by Gasteiger charge is -2.01. The molecule has 0 heterocycles. The third-order valence-electron chi connectivity index (χ3n) is 4.99. The fraction of sp³-hybridized carbons (Fsp3) is 0.103. The highest BCUT2D eigenvalue weighted by atomic mass is 19.1. The van der Waals surface area contributed by atoms with Gasteiger partial charge in [0, 0.05) is 16.7 Å². The van der Waals surface area contributed by atoms with E-state index in [2.05, 4.69) is 42.7 Å². The Balaban J connectivity index is 1.56. The van der Waals surface area contributed by atoms with Gasteiger partial charge in [-0.25, -0.2) is 8.78 Å². The molecule has 0 saturated carbocycles. The summed E-state index contributed by atoms with van der Waals surface area (Å²) in [5, 5.41) is 1.60. The molecule has 0 atom stereocenters. The van der Waals surface area contributed by atoms with E-state index in [0.29, 0.717) is 11.1 Å². The zero-order valence-electron chi connectivity index (χ0n) is 17.2. The Morgan fingerprint density at radius 3 is 2.19 bits per heavy atom. The highest BCUT2D eigenvalue weighted by molar-refractivity contribution is 5.88. The first-order valence-electron chi connectivity index (χ1n) is 10.2. The van der Waals surface area contributed by atoms with Gasteiger partial charge in [0.1, 0.15) is 11.6 Å². The summed E-state index contributed by atoms with van der Waals surface area (Å²) in [7, 11) is 0. The Hall–Kier alpha value is -3.88. The largest absolute Gasteiger partial charge is 0.207 e. The molecule has 4 aromatic rings. The van der Waals surface area contributed by atoms with E-state index in [-0.39, 0.29) is 5.82 Å². The lowest BCUT2D eigenvalue weighted by Crippen LogP contribution is -1.87. The molecule has 0 aliphatic carbocycles. The molecule has 0 saturated heterocycles. The molecule has 0 spiro atoms. The smallest absolute Gasteiger partial charge is 0.140 e. The van der Waals surface area contributed by atoms with Crippen LogP contribution in [0.25, 0.3) is 10.8 Å². The molecule has 0 N–H and O–H groups in total. The van der Waals surface area contributed by atoms with E-state index in [1.54, 1.807) is 18.2 Å². The van der Waals surface area contributed by atoms with Gasteiger partial charge in [0.05, 0.1) is 5.56 Å². The number of hydrogen-bond acceptors (Lipinski definition) is 0. The topological polar surface area (TPSA) is 0 Å². The zero-order chi connectivity index (χ0) is 21.6. The van der Waals surface area contributed by atoms with E-state index in [1.165, 1.54) is 23.8 Å². The van der Waals surface area contributed by atoms with Crippen LogP contribution >= 0.6 is 0 Å². The molecule has 4 rings (SSSR count). The second kappa shape index (κ2) is 9.29. The molecule has 0 aliphatic heterocycles.